The fourth-order valence-electron chi connectivity index (χ4n) is 1.95. The Morgan fingerprint density at radius 3 is 2.00 bits per heavy atom. The SMILES string of the molecule is CC(C)CC1(NC(C)C)CC1. The van der Waals surface area contributed by atoms with Crippen molar-refractivity contribution in [3.8, 4) is 0 Å². The van der Waals surface area contributed by atoms with Crippen molar-refractivity contribution in [3.05, 3.63) is 0 Å². The van der Waals surface area contributed by atoms with Crippen molar-refractivity contribution in [2.24, 2.45) is 5.92 Å². The van der Waals surface area contributed by atoms with E-state index >= 15 is 0 Å². The first kappa shape index (κ1) is 9.05. The third kappa shape index (κ3) is 2.82. The van der Waals surface area contributed by atoms with E-state index in [4.69, 9.17) is 0 Å². The summed E-state index contributed by atoms with van der Waals surface area (Å²) in [6.07, 6.45) is 4.14. The quantitative estimate of drug-likeness (QED) is 0.658. The van der Waals surface area contributed by atoms with Crippen molar-refractivity contribution in [2.45, 2.75) is 58.5 Å². The minimum Gasteiger partial charge on any atom is -0.309 e. The summed E-state index contributed by atoms with van der Waals surface area (Å²) >= 11 is 0. The molecule has 1 aliphatic rings. The van der Waals surface area contributed by atoms with Gasteiger partial charge in [0.25, 0.3) is 0 Å². The monoisotopic (exact) mass is 155 g/mol. The standard InChI is InChI=1S/C10H21N/c1-8(2)7-10(5-6-10)11-9(3)4/h8-9,11H,5-7H2,1-4H3. The second-order valence-corrected chi connectivity index (χ2v) is 4.68. The summed E-state index contributed by atoms with van der Waals surface area (Å²) in [4.78, 5) is 0. The van der Waals surface area contributed by atoms with Crippen LogP contribution in [0.5, 0.6) is 0 Å². The minimum atomic E-state index is 0.544. The molecule has 0 aromatic carbocycles. The van der Waals surface area contributed by atoms with E-state index in [1.165, 1.54) is 19.3 Å². The van der Waals surface area contributed by atoms with Gasteiger partial charge in [-0.25, -0.2) is 0 Å². The summed E-state index contributed by atoms with van der Waals surface area (Å²) in [6, 6.07) is 0.649. The van der Waals surface area contributed by atoms with Gasteiger partial charge in [-0.15, -0.1) is 0 Å². The lowest BCUT2D eigenvalue weighted by molar-refractivity contribution is 0.374. The van der Waals surface area contributed by atoms with E-state index in [0.717, 1.165) is 5.92 Å². The van der Waals surface area contributed by atoms with Crippen LogP contribution in [0.1, 0.15) is 47.0 Å². The van der Waals surface area contributed by atoms with E-state index in [2.05, 4.69) is 33.0 Å². The van der Waals surface area contributed by atoms with Gasteiger partial charge in [-0.05, 0) is 25.2 Å². The minimum absolute atomic E-state index is 0.544. The van der Waals surface area contributed by atoms with Gasteiger partial charge in [-0.2, -0.15) is 0 Å². The highest BCUT2D eigenvalue weighted by atomic mass is 15.0. The second-order valence-electron chi connectivity index (χ2n) is 4.68. The van der Waals surface area contributed by atoms with E-state index < -0.39 is 0 Å². The molecule has 0 saturated heterocycles. The fraction of sp³-hybridized carbons (Fsp3) is 1.00. The lowest BCUT2D eigenvalue weighted by atomic mass is 10.0. The molecular formula is C10H21N. The molecule has 1 N–H and O–H groups in total. The highest BCUT2D eigenvalue weighted by Gasteiger charge is 2.42. The zero-order valence-corrected chi connectivity index (χ0v) is 8.28. The van der Waals surface area contributed by atoms with Crippen molar-refractivity contribution in [1.82, 2.24) is 5.32 Å². The molecule has 1 heteroatoms. The highest BCUT2D eigenvalue weighted by Crippen LogP contribution is 2.41. The zero-order valence-electron chi connectivity index (χ0n) is 8.28. The van der Waals surface area contributed by atoms with Gasteiger partial charge < -0.3 is 5.32 Å². The van der Waals surface area contributed by atoms with Crippen LogP contribution in [-0.4, -0.2) is 11.6 Å². The van der Waals surface area contributed by atoms with Gasteiger partial charge in [-0.1, -0.05) is 27.7 Å². The molecule has 0 amide bonds. The van der Waals surface area contributed by atoms with Gasteiger partial charge in [0.15, 0.2) is 0 Å². The third-order valence-electron chi connectivity index (χ3n) is 2.25. The summed E-state index contributed by atoms with van der Waals surface area (Å²) in [6.45, 7) is 9.09. The van der Waals surface area contributed by atoms with Crippen LogP contribution < -0.4 is 5.32 Å². The van der Waals surface area contributed by atoms with Crippen LogP contribution in [0.2, 0.25) is 0 Å². The van der Waals surface area contributed by atoms with Crippen molar-refractivity contribution in [2.75, 3.05) is 0 Å². The molecule has 11 heavy (non-hydrogen) atoms. The normalized spacial score (nSPS) is 21.3. The molecule has 0 radical (unpaired) electrons. The Morgan fingerprint density at radius 2 is 1.73 bits per heavy atom. The molecule has 0 heterocycles. The zero-order chi connectivity index (χ0) is 8.48. The lowest BCUT2D eigenvalue weighted by Crippen LogP contribution is -2.37. The maximum atomic E-state index is 3.66. The molecule has 1 rings (SSSR count). The van der Waals surface area contributed by atoms with Crippen LogP contribution in [0.15, 0.2) is 0 Å². The Hall–Kier alpha value is -0.0400. The van der Waals surface area contributed by atoms with E-state index in [0.29, 0.717) is 11.6 Å². The molecular weight excluding hydrogens is 134 g/mol. The number of nitrogens with one attached hydrogen (secondary N) is 1. The second kappa shape index (κ2) is 3.14. The maximum absolute atomic E-state index is 3.66. The molecule has 1 saturated carbocycles. The molecule has 1 aliphatic carbocycles. The predicted molar refractivity (Wildman–Crippen MR) is 49.7 cm³/mol. The van der Waals surface area contributed by atoms with Crippen LogP contribution in [0.3, 0.4) is 0 Å². The molecule has 0 unspecified atom stereocenters. The Bertz CT molecular complexity index is 111. The van der Waals surface area contributed by atoms with Crippen LogP contribution in [-0.2, 0) is 0 Å². The maximum Gasteiger partial charge on any atom is 0.0187 e. The van der Waals surface area contributed by atoms with Gasteiger partial charge in [-0.3, -0.25) is 0 Å². The molecule has 1 nitrogen and oxygen atoms in total. The average molecular weight is 155 g/mol. The number of rotatable bonds is 4. The smallest absolute Gasteiger partial charge is 0.0187 e. The highest BCUT2D eigenvalue weighted by molar-refractivity contribution is 5.02. The van der Waals surface area contributed by atoms with E-state index in [9.17, 15) is 0 Å². The number of hydrogen-bond donors (Lipinski definition) is 1. The third-order valence-corrected chi connectivity index (χ3v) is 2.25. The summed E-state index contributed by atoms with van der Waals surface area (Å²) < 4.78 is 0. The van der Waals surface area contributed by atoms with Crippen LogP contribution in [0, 0.1) is 5.92 Å². The van der Waals surface area contributed by atoms with Crippen molar-refractivity contribution < 1.29 is 0 Å². The van der Waals surface area contributed by atoms with E-state index in [-0.39, 0.29) is 0 Å². The molecule has 0 bridgehead atoms. The van der Waals surface area contributed by atoms with Crippen LogP contribution >= 0.6 is 0 Å². The molecule has 0 atom stereocenters. The molecule has 0 aliphatic heterocycles. The summed E-state index contributed by atoms with van der Waals surface area (Å²) in [5, 5.41) is 3.66. The average Bonchev–Trinajstić information content (AvgIpc) is 2.43. The topological polar surface area (TPSA) is 12.0 Å². The predicted octanol–water partition coefficient (Wildman–Crippen LogP) is 2.56. The molecule has 66 valence electrons. The number of hydrogen-bond acceptors (Lipinski definition) is 1. The van der Waals surface area contributed by atoms with Gasteiger partial charge in [0, 0.05) is 11.6 Å². The Morgan fingerprint density at radius 1 is 1.18 bits per heavy atom. The van der Waals surface area contributed by atoms with Crippen molar-refractivity contribution in [3.63, 3.8) is 0 Å². The van der Waals surface area contributed by atoms with Gasteiger partial charge >= 0.3 is 0 Å². The summed E-state index contributed by atoms with van der Waals surface area (Å²) in [7, 11) is 0. The first-order valence-electron chi connectivity index (χ1n) is 4.82. The van der Waals surface area contributed by atoms with Gasteiger partial charge in [0.05, 0.1) is 0 Å². The van der Waals surface area contributed by atoms with Gasteiger partial charge in [0.2, 0.25) is 0 Å². The molecule has 1 fully saturated rings. The summed E-state index contributed by atoms with van der Waals surface area (Å²) in [5.41, 5.74) is 0.544. The van der Waals surface area contributed by atoms with E-state index in [1.54, 1.807) is 0 Å². The first-order valence-corrected chi connectivity index (χ1v) is 4.82. The lowest BCUT2D eigenvalue weighted by Gasteiger charge is -2.21. The van der Waals surface area contributed by atoms with Crippen molar-refractivity contribution >= 4 is 0 Å². The summed E-state index contributed by atoms with van der Waals surface area (Å²) in [5.74, 6) is 0.837. The van der Waals surface area contributed by atoms with Crippen LogP contribution in [0.25, 0.3) is 0 Å². The molecule has 0 spiro atoms. The molecule has 0 aromatic rings. The molecule has 0 aromatic heterocycles. The Balaban J connectivity index is 2.29. The van der Waals surface area contributed by atoms with E-state index in [1.807, 2.05) is 0 Å². The fourth-order valence-corrected chi connectivity index (χ4v) is 1.95. The van der Waals surface area contributed by atoms with Gasteiger partial charge in [0.1, 0.15) is 0 Å². The largest absolute Gasteiger partial charge is 0.309 e. The Labute approximate surface area is 70.6 Å². The first-order chi connectivity index (χ1) is 5.04. The van der Waals surface area contributed by atoms with Crippen molar-refractivity contribution in [1.29, 1.82) is 0 Å². The Kier molecular flexibility index (Phi) is 2.58. The van der Waals surface area contributed by atoms with Crippen LogP contribution in [0.4, 0.5) is 0 Å².